The van der Waals surface area contributed by atoms with Crippen LogP contribution in [0.15, 0.2) is 28.2 Å². The Hall–Kier alpha value is -2.32. The second-order valence-corrected chi connectivity index (χ2v) is 3.20. The molecule has 0 aliphatic rings. The monoisotopic (exact) mass is 263 g/mol. The summed E-state index contributed by atoms with van der Waals surface area (Å²) in [4.78, 5) is 6.73. The van der Waals surface area contributed by atoms with Gasteiger partial charge in [-0.15, -0.1) is 0 Å². The Kier molecular flexibility index (Phi) is 3.74. The van der Waals surface area contributed by atoms with E-state index in [-0.39, 0.29) is 5.69 Å². The molecule has 0 saturated carbocycles. The first-order valence-electron chi connectivity index (χ1n) is 4.50. The van der Waals surface area contributed by atoms with Gasteiger partial charge >= 0.3 is 6.18 Å². The van der Waals surface area contributed by atoms with Crippen LogP contribution in [0.2, 0.25) is 0 Å². The molecule has 0 saturated heterocycles. The van der Waals surface area contributed by atoms with Crippen LogP contribution in [0.4, 0.5) is 23.2 Å². The topological polar surface area (TPSA) is 103 Å². The van der Waals surface area contributed by atoms with Crippen LogP contribution >= 0.6 is 0 Å². The van der Waals surface area contributed by atoms with E-state index in [1.165, 1.54) is 0 Å². The Labute approximate surface area is 99.0 Å². The van der Waals surface area contributed by atoms with Gasteiger partial charge in [0.2, 0.25) is 5.96 Å². The highest BCUT2D eigenvalue weighted by molar-refractivity contribution is 5.93. The molecule has 98 valence electrons. The van der Waals surface area contributed by atoms with E-state index < -0.39 is 29.5 Å². The van der Waals surface area contributed by atoms with Crippen molar-refractivity contribution in [3.63, 3.8) is 0 Å². The van der Waals surface area contributed by atoms with Gasteiger partial charge in [-0.2, -0.15) is 18.2 Å². The molecule has 6 N–H and O–H groups in total. The number of hydrogen-bond donors (Lipinski definition) is 3. The van der Waals surface area contributed by atoms with Gasteiger partial charge < -0.3 is 17.2 Å². The predicted molar refractivity (Wildman–Crippen MR) is 58.5 cm³/mol. The first-order valence-corrected chi connectivity index (χ1v) is 4.50. The number of nitrogens with two attached hydrogens (primary N) is 3. The van der Waals surface area contributed by atoms with Gasteiger partial charge in [0.1, 0.15) is 5.82 Å². The van der Waals surface area contributed by atoms with Crippen molar-refractivity contribution in [2.24, 2.45) is 27.2 Å². The highest BCUT2D eigenvalue weighted by Crippen LogP contribution is 2.32. The van der Waals surface area contributed by atoms with Gasteiger partial charge in [-0.05, 0) is 18.2 Å². The number of halogens is 4. The Morgan fingerprint density at radius 3 is 2.17 bits per heavy atom. The van der Waals surface area contributed by atoms with Crippen molar-refractivity contribution in [3.8, 4) is 0 Å². The number of aliphatic imine (C=N–C) groups is 2. The molecule has 0 aromatic heterocycles. The highest BCUT2D eigenvalue weighted by Gasteiger charge is 2.31. The van der Waals surface area contributed by atoms with E-state index in [9.17, 15) is 17.6 Å². The van der Waals surface area contributed by atoms with E-state index in [4.69, 9.17) is 17.2 Å². The summed E-state index contributed by atoms with van der Waals surface area (Å²) in [5.41, 5.74) is 13.7. The molecule has 0 bridgehead atoms. The molecular weight excluding hydrogens is 254 g/mol. The molecular formula is C9H9F4N5. The molecule has 0 aliphatic carbocycles. The quantitative estimate of drug-likeness (QED) is 0.401. The van der Waals surface area contributed by atoms with Gasteiger partial charge in [0.05, 0.1) is 11.3 Å². The Bertz CT molecular complexity index is 502. The standard InChI is InChI=1S/C9H9F4N5/c10-5-1-4(9(11,12)13)2-6(3-5)17-8(16)18-7(14)15/h1-3H,(H6,14,15,16,17,18). The minimum atomic E-state index is -4.68. The average Bonchev–Trinajstić information content (AvgIpc) is 2.13. The fourth-order valence-corrected chi connectivity index (χ4v) is 1.09. The van der Waals surface area contributed by atoms with Gasteiger partial charge in [0.25, 0.3) is 0 Å². The fourth-order valence-electron chi connectivity index (χ4n) is 1.09. The van der Waals surface area contributed by atoms with E-state index in [1.807, 2.05) is 0 Å². The summed E-state index contributed by atoms with van der Waals surface area (Å²) in [5, 5.41) is 0. The molecule has 0 heterocycles. The first-order chi connectivity index (χ1) is 8.18. The molecule has 0 aliphatic heterocycles. The largest absolute Gasteiger partial charge is 0.416 e. The van der Waals surface area contributed by atoms with Crippen LogP contribution in [0.1, 0.15) is 5.56 Å². The third-order valence-corrected chi connectivity index (χ3v) is 1.70. The van der Waals surface area contributed by atoms with Crippen LogP contribution < -0.4 is 17.2 Å². The fraction of sp³-hybridized carbons (Fsp3) is 0.111. The second kappa shape index (κ2) is 4.90. The minimum Gasteiger partial charge on any atom is -0.370 e. The zero-order valence-electron chi connectivity index (χ0n) is 8.87. The van der Waals surface area contributed by atoms with Crippen molar-refractivity contribution in [2.75, 3.05) is 0 Å². The van der Waals surface area contributed by atoms with Gasteiger partial charge in [0, 0.05) is 0 Å². The minimum absolute atomic E-state index is 0.343. The normalized spacial score (nSPS) is 12.3. The average molecular weight is 263 g/mol. The summed E-state index contributed by atoms with van der Waals surface area (Å²) in [5.74, 6) is -1.99. The lowest BCUT2D eigenvalue weighted by molar-refractivity contribution is -0.137. The second-order valence-electron chi connectivity index (χ2n) is 3.20. The zero-order chi connectivity index (χ0) is 13.9. The summed E-state index contributed by atoms with van der Waals surface area (Å²) in [7, 11) is 0. The van der Waals surface area contributed by atoms with E-state index in [1.54, 1.807) is 0 Å². The third kappa shape index (κ3) is 3.92. The molecule has 0 atom stereocenters. The van der Waals surface area contributed by atoms with E-state index >= 15 is 0 Å². The number of alkyl halides is 3. The maximum Gasteiger partial charge on any atom is 0.416 e. The molecule has 0 amide bonds. The van der Waals surface area contributed by atoms with Crippen molar-refractivity contribution >= 4 is 17.6 Å². The van der Waals surface area contributed by atoms with Gasteiger partial charge in [-0.25, -0.2) is 9.38 Å². The Morgan fingerprint density at radius 1 is 1.06 bits per heavy atom. The van der Waals surface area contributed by atoms with Crippen LogP contribution in [-0.2, 0) is 6.18 Å². The van der Waals surface area contributed by atoms with Gasteiger partial charge in [-0.1, -0.05) is 0 Å². The highest BCUT2D eigenvalue weighted by atomic mass is 19.4. The van der Waals surface area contributed by atoms with Crippen molar-refractivity contribution in [3.05, 3.63) is 29.6 Å². The molecule has 18 heavy (non-hydrogen) atoms. The molecule has 0 radical (unpaired) electrons. The molecule has 9 heteroatoms. The smallest absolute Gasteiger partial charge is 0.370 e. The number of nitrogens with zero attached hydrogens (tertiary/aromatic N) is 2. The zero-order valence-corrected chi connectivity index (χ0v) is 8.87. The summed E-state index contributed by atoms with van der Waals surface area (Å²) in [6, 6.07) is 1.73. The van der Waals surface area contributed by atoms with Crippen LogP contribution in [0.3, 0.4) is 0 Å². The molecule has 0 unspecified atom stereocenters. The summed E-state index contributed by atoms with van der Waals surface area (Å²) >= 11 is 0. The van der Waals surface area contributed by atoms with Crippen LogP contribution in [0, 0.1) is 5.82 Å². The predicted octanol–water partition coefficient (Wildman–Crippen LogP) is 1.06. The lowest BCUT2D eigenvalue weighted by Crippen LogP contribution is -2.26. The molecule has 1 aromatic rings. The number of guanidine groups is 2. The lowest BCUT2D eigenvalue weighted by atomic mass is 10.2. The molecule has 1 aromatic carbocycles. The molecule has 0 spiro atoms. The molecule has 1 rings (SSSR count). The SMILES string of the molecule is NC(N)=NC(N)=Nc1cc(F)cc(C(F)(F)F)c1. The van der Waals surface area contributed by atoms with Crippen LogP contribution in [0.5, 0.6) is 0 Å². The van der Waals surface area contributed by atoms with Crippen molar-refractivity contribution in [1.29, 1.82) is 0 Å². The summed E-state index contributed by atoms with van der Waals surface area (Å²) < 4.78 is 50.1. The number of hydrogen-bond acceptors (Lipinski definition) is 1. The Morgan fingerprint density at radius 2 is 1.67 bits per heavy atom. The first kappa shape index (κ1) is 13.7. The molecule has 5 nitrogen and oxygen atoms in total. The van der Waals surface area contributed by atoms with E-state index in [2.05, 4.69) is 9.98 Å². The third-order valence-electron chi connectivity index (χ3n) is 1.70. The maximum absolute atomic E-state index is 13.0. The van der Waals surface area contributed by atoms with Crippen molar-refractivity contribution in [1.82, 2.24) is 0 Å². The van der Waals surface area contributed by atoms with Crippen LogP contribution in [-0.4, -0.2) is 11.9 Å². The molecule has 0 fully saturated rings. The van der Waals surface area contributed by atoms with E-state index in [0.29, 0.717) is 12.1 Å². The van der Waals surface area contributed by atoms with Crippen molar-refractivity contribution < 1.29 is 17.6 Å². The summed E-state index contributed by atoms with van der Waals surface area (Å²) in [6.07, 6.45) is -4.68. The van der Waals surface area contributed by atoms with Gasteiger partial charge in [0.15, 0.2) is 5.96 Å². The van der Waals surface area contributed by atoms with Crippen molar-refractivity contribution in [2.45, 2.75) is 6.18 Å². The number of benzene rings is 1. The Balaban J connectivity index is 3.19. The summed E-state index contributed by atoms with van der Waals surface area (Å²) in [6.45, 7) is 0. The maximum atomic E-state index is 13.0. The van der Waals surface area contributed by atoms with Crippen LogP contribution in [0.25, 0.3) is 0 Å². The lowest BCUT2D eigenvalue weighted by Gasteiger charge is -2.07. The van der Waals surface area contributed by atoms with Gasteiger partial charge in [-0.3, -0.25) is 0 Å². The number of rotatable bonds is 1. The van der Waals surface area contributed by atoms with E-state index in [0.717, 1.165) is 6.07 Å².